The van der Waals surface area contributed by atoms with Crippen molar-refractivity contribution in [2.45, 2.75) is 13.8 Å². The molecule has 3 rings (SSSR count). The smallest absolute Gasteiger partial charge is 0.243 e. The number of rotatable bonds is 7. The zero-order chi connectivity index (χ0) is 20.8. The van der Waals surface area contributed by atoms with Crippen LogP contribution in [0.2, 0.25) is 0 Å². The first-order valence-electron chi connectivity index (χ1n) is 9.11. The maximum atomic E-state index is 12.3. The molecule has 0 saturated heterocycles. The van der Waals surface area contributed by atoms with Crippen molar-refractivity contribution >= 4 is 23.2 Å². The molecule has 29 heavy (non-hydrogen) atoms. The number of nitrogens with one attached hydrogen (secondary N) is 2. The fourth-order valence-corrected chi connectivity index (χ4v) is 2.75. The Morgan fingerprint density at radius 1 is 1.07 bits per heavy atom. The molecule has 0 bridgehead atoms. The van der Waals surface area contributed by atoms with E-state index < -0.39 is 0 Å². The highest BCUT2D eigenvalue weighted by molar-refractivity contribution is 5.95. The Kier molecular flexibility index (Phi) is 6.18. The molecule has 2 aromatic carbocycles. The van der Waals surface area contributed by atoms with Gasteiger partial charge in [0.1, 0.15) is 6.33 Å². The molecule has 0 aliphatic heterocycles. The van der Waals surface area contributed by atoms with Gasteiger partial charge in [0.2, 0.25) is 11.8 Å². The second-order valence-corrected chi connectivity index (χ2v) is 6.77. The minimum Gasteiger partial charge on any atom is -0.376 e. The molecule has 9 nitrogen and oxygen atoms in total. The van der Waals surface area contributed by atoms with Gasteiger partial charge in [0, 0.05) is 18.4 Å². The van der Waals surface area contributed by atoms with Gasteiger partial charge in [-0.2, -0.15) is 0 Å². The SMILES string of the molecule is Cc1ccc(NC(=O)CN(C)C(=O)CNc2ccc(-n3cnnn3)c(C)c2)cc1. The Hall–Kier alpha value is -3.75. The van der Waals surface area contributed by atoms with Crippen LogP contribution in [0, 0.1) is 13.8 Å². The largest absolute Gasteiger partial charge is 0.376 e. The molecule has 2 amide bonds. The average Bonchev–Trinajstić information content (AvgIpc) is 3.22. The van der Waals surface area contributed by atoms with Crippen molar-refractivity contribution in [2.24, 2.45) is 0 Å². The van der Waals surface area contributed by atoms with E-state index in [1.807, 2.05) is 56.3 Å². The summed E-state index contributed by atoms with van der Waals surface area (Å²) in [5.41, 5.74) is 4.43. The van der Waals surface area contributed by atoms with E-state index in [0.717, 1.165) is 22.5 Å². The van der Waals surface area contributed by atoms with Crippen LogP contribution in [-0.4, -0.2) is 57.1 Å². The summed E-state index contributed by atoms with van der Waals surface area (Å²) in [6.45, 7) is 3.97. The Balaban J connectivity index is 1.50. The fourth-order valence-electron chi connectivity index (χ4n) is 2.75. The van der Waals surface area contributed by atoms with Crippen LogP contribution in [0.25, 0.3) is 5.69 Å². The van der Waals surface area contributed by atoms with E-state index in [4.69, 9.17) is 0 Å². The molecule has 0 spiro atoms. The predicted octanol–water partition coefficient (Wildman–Crippen LogP) is 1.79. The number of aryl methyl sites for hydroxylation is 2. The fraction of sp³-hybridized carbons (Fsp3) is 0.250. The summed E-state index contributed by atoms with van der Waals surface area (Å²) in [6, 6.07) is 13.1. The summed E-state index contributed by atoms with van der Waals surface area (Å²) >= 11 is 0. The molecular formula is C20H23N7O2. The molecule has 9 heteroatoms. The highest BCUT2D eigenvalue weighted by Crippen LogP contribution is 2.17. The van der Waals surface area contributed by atoms with E-state index in [2.05, 4.69) is 26.2 Å². The lowest BCUT2D eigenvalue weighted by Gasteiger charge is -2.18. The summed E-state index contributed by atoms with van der Waals surface area (Å²) in [6.07, 6.45) is 1.52. The van der Waals surface area contributed by atoms with Crippen molar-refractivity contribution in [1.29, 1.82) is 0 Å². The molecule has 0 saturated carbocycles. The molecule has 1 aromatic heterocycles. The first-order chi connectivity index (χ1) is 13.9. The van der Waals surface area contributed by atoms with Crippen LogP contribution in [0.1, 0.15) is 11.1 Å². The molecule has 150 valence electrons. The lowest BCUT2D eigenvalue weighted by molar-refractivity contribution is -0.131. The molecule has 0 aliphatic carbocycles. The highest BCUT2D eigenvalue weighted by Gasteiger charge is 2.13. The van der Waals surface area contributed by atoms with Gasteiger partial charge in [0.25, 0.3) is 0 Å². The molecule has 0 unspecified atom stereocenters. The van der Waals surface area contributed by atoms with E-state index in [0.29, 0.717) is 5.69 Å². The number of carbonyl (C=O) groups excluding carboxylic acids is 2. The molecule has 2 N–H and O–H groups in total. The average molecular weight is 393 g/mol. The van der Waals surface area contributed by atoms with Crippen molar-refractivity contribution in [2.75, 3.05) is 30.8 Å². The van der Waals surface area contributed by atoms with Gasteiger partial charge in [-0.25, -0.2) is 4.68 Å². The number of carbonyl (C=O) groups is 2. The van der Waals surface area contributed by atoms with E-state index in [1.165, 1.54) is 11.2 Å². The minimum atomic E-state index is -0.244. The zero-order valence-electron chi connectivity index (χ0n) is 16.6. The zero-order valence-corrected chi connectivity index (χ0v) is 16.6. The van der Waals surface area contributed by atoms with Crippen LogP contribution in [0.5, 0.6) is 0 Å². The molecule has 1 heterocycles. The number of benzene rings is 2. The van der Waals surface area contributed by atoms with Crippen LogP contribution < -0.4 is 10.6 Å². The quantitative estimate of drug-likeness (QED) is 0.634. The van der Waals surface area contributed by atoms with Crippen LogP contribution in [0.3, 0.4) is 0 Å². The molecule has 0 aliphatic rings. The lowest BCUT2D eigenvalue weighted by atomic mass is 10.2. The van der Waals surface area contributed by atoms with Gasteiger partial charge < -0.3 is 15.5 Å². The number of hydrogen-bond donors (Lipinski definition) is 2. The third-order valence-electron chi connectivity index (χ3n) is 4.38. The third kappa shape index (κ3) is 5.38. The van der Waals surface area contributed by atoms with Gasteiger partial charge in [0.05, 0.1) is 18.8 Å². The number of anilines is 2. The van der Waals surface area contributed by atoms with Gasteiger partial charge in [-0.15, -0.1) is 5.10 Å². The number of aromatic nitrogens is 4. The first-order valence-corrected chi connectivity index (χ1v) is 9.11. The van der Waals surface area contributed by atoms with Crippen LogP contribution in [0.4, 0.5) is 11.4 Å². The van der Waals surface area contributed by atoms with Crippen LogP contribution in [0.15, 0.2) is 48.8 Å². The number of nitrogens with zero attached hydrogens (tertiary/aromatic N) is 5. The summed E-state index contributed by atoms with van der Waals surface area (Å²) in [7, 11) is 1.60. The maximum Gasteiger partial charge on any atom is 0.243 e. The standard InChI is InChI=1S/C20H23N7O2/c1-14-4-6-16(7-5-14)23-19(28)12-26(3)20(29)11-21-17-8-9-18(15(2)10-17)27-13-22-24-25-27/h4-10,13,21H,11-12H2,1-3H3,(H,23,28). The first kappa shape index (κ1) is 20.0. The summed E-state index contributed by atoms with van der Waals surface area (Å²) in [4.78, 5) is 25.9. The predicted molar refractivity (Wildman–Crippen MR) is 110 cm³/mol. The lowest BCUT2D eigenvalue weighted by Crippen LogP contribution is -2.38. The van der Waals surface area contributed by atoms with Crippen LogP contribution >= 0.6 is 0 Å². The topological polar surface area (TPSA) is 105 Å². The van der Waals surface area contributed by atoms with Gasteiger partial charge in [0.15, 0.2) is 0 Å². The maximum absolute atomic E-state index is 12.3. The van der Waals surface area contributed by atoms with Crippen molar-refractivity contribution in [3.05, 3.63) is 59.9 Å². The molecule has 0 fully saturated rings. The van der Waals surface area contributed by atoms with Gasteiger partial charge in [-0.05, 0) is 60.2 Å². The monoisotopic (exact) mass is 393 g/mol. The van der Waals surface area contributed by atoms with Crippen molar-refractivity contribution in [3.8, 4) is 5.69 Å². The Labute approximate surface area is 168 Å². The molecule has 0 radical (unpaired) electrons. The van der Waals surface area contributed by atoms with Gasteiger partial charge in [-0.3, -0.25) is 9.59 Å². The minimum absolute atomic E-state index is 0.0222. The Bertz CT molecular complexity index is 985. The van der Waals surface area contributed by atoms with Crippen molar-refractivity contribution < 1.29 is 9.59 Å². The van der Waals surface area contributed by atoms with E-state index in [1.54, 1.807) is 11.7 Å². The van der Waals surface area contributed by atoms with E-state index in [-0.39, 0.29) is 24.9 Å². The highest BCUT2D eigenvalue weighted by atomic mass is 16.2. The number of amides is 2. The molecular weight excluding hydrogens is 370 g/mol. The van der Waals surface area contributed by atoms with Gasteiger partial charge in [-0.1, -0.05) is 17.7 Å². The van der Waals surface area contributed by atoms with Crippen LogP contribution in [-0.2, 0) is 9.59 Å². The second-order valence-electron chi connectivity index (χ2n) is 6.77. The summed E-state index contributed by atoms with van der Waals surface area (Å²) < 4.78 is 1.57. The Morgan fingerprint density at radius 2 is 1.79 bits per heavy atom. The number of likely N-dealkylation sites (N-methyl/N-ethyl adjacent to an activating group) is 1. The molecule has 0 atom stereocenters. The Morgan fingerprint density at radius 3 is 2.45 bits per heavy atom. The van der Waals surface area contributed by atoms with Gasteiger partial charge >= 0.3 is 0 Å². The number of tetrazole rings is 1. The van der Waals surface area contributed by atoms with Crippen molar-refractivity contribution in [3.63, 3.8) is 0 Å². The number of hydrogen-bond acceptors (Lipinski definition) is 6. The van der Waals surface area contributed by atoms with Crippen molar-refractivity contribution in [1.82, 2.24) is 25.1 Å². The second kappa shape index (κ2) is 8.96. The normalized spacial score (nSPS) is 10.4. The molecule has 3 aromatic rings. The summed E-state index contributed by atoms with van der Waals surface area (Å²) in [5.74, 6) is -0.433. The van der Waals surface area contributed by atoms with E-state index >= 15 is 0 Å². The van der Waals surface area contributed by atoms with E-state index in [9.17, 15) is 9.59 Å². The third-order valence-corrected chi connectivity index (χ3v) is 4.38. The summed E-state index contributed by atoms with van der Waals surface area (Å²) in [5, 5.41) is 17.0.